The van der Waals surface area contributed by atoms with Crippen LogP contribution in [0.4, 0.5) is 5.69 Å². The molecule has 2 aromatic carbocycles. The zero-order chi connectivity index (χ0) is 14.1. The number of rotatable bonds is 3. The molecule has 0 aliphatic heterocycles. The molecule has 4 heteroatoms. The molecule has 1 heterocycles. The van der Waals surface area contributed by atoms with E-state index in [9.17, 15) is 0 Å². The molecular formula is C16H14ClIN2. The predicted octanol–water partition coefficient (Wildman–Crippen LogP) is 5.05. The van der Waals surface area contributed by atoms with Gasteiger partial charge in [-0.1, -0.05) is 29.8 Å². The van der Waals surface area contributed by atoms with Gasteiger partial charge in [0, 0.05) is 34.3 Å². The fourth-order valence-electron chi connectivity index (χ4n) is 2.39. The van der Waals surface area contributed by atoms with Crippen LogP contribution in [-0.4, -0.2) is 4.57 Å². The van der Waals surface area contributed by atoms with Gasteiger partial charge >= 0.3 is 0 Å². The van der Waals surface area contributed by atoms with Crippen LogP contribution in [0.3, 0.4) is 0 Å². The molecule has 0 fully saturated rings. The maximum Gasteiger partial charge on any atom is 0.0648 e. The lowest BCUT2D eigenvalue weighted by Gasteiger charge is -2.08. The summed E-state index contributed by atoms with van der Waals surface area (Å²) >= 11 is 8.51. The minimum atomic E-state index is 0.761. The van der Waals surface area contributed by atoms with Gasteiger partial charge in [0.25, 0.3) is 0 Å². The van der Waals surface area contributed by atoms with Gasteiger partial charge in [0.1, 0.15) is 0 Å². The van der Waals surface area contributed by atoms with Crippen LogP contribution in [0.2, 0.25) is 5.02 Å². The average Bonchev–Trinajstić information content (AvgIpc) is 2.75. The van der Waals surface area contributed by atoms with Crippen molar-refractivity contribution in [3.8, 4) is 0 Å². The van der Waals surface area contributed by atoms with E-state index in [-0.39, 0.29) is 0 Å². The fourth-order valence-corrected chi connectivity index (χ4v) is 3.31. The van der Waals surface area contributed by atoms with E-state index in [4.69, 9.17) is 11.6 Å². The van der Waals surface area contributed by atoms with Gasteiger partial charge in [0.05, 0.1) is 10.7 Å². The monoisotopic (exact) mass is 396 g/mol. The molecule has 102 valence electrons. The number of fused-ring (bicyclic) bond motifs is 1. The van der Waals surface area contributed by atoms with Crippen LogP contribution in [0.1, 0.15) is 5.56 Å². The van der Waals surface area contributed by atoms with Crippen molar-refractivity contribution in [2.24, 2.45) is 7.05 Å². The number of nitrogens with zero attached hydrogens (tertiary/aromatic N) is 1. The van der Waals surface area contributed by atoms with Crippen LogP contribution in [0.25, 0.3) is 10.9 Å². The van der Waals surface area contributed by atoms with Gasteiger partial charge in [-0.25, -0.2) is 0 Å². The van der Waals surface area contributed by atoms with E-state index in [1.165, 1.54) is 16.5 Å². The molecule has 0 bridgehead atoms. The van der Waals surface area contributed by atoms with E-state index in [0.717, 1.165) is 20.8 Å². The summed E-state index contributed by atoms with van der Waals surface area (Å²) in [5, 5.41) is 5.46. The molecule has 1 N–H and O–H groups in total. The Bertz CT molecular complexity index is 764. The third-order valence-electron chi connectivity index (χ3n) is 3.38. The first-order valence-corrected chi connectivity index (χ1v) is 7.82. The fraction of sp³-hybridized carbons (Fsp3) is 0.125. The molecule has 0 amide bonds. The Labute approximate surface area is 136 Å². The Balaban J connectivity index is 1.87. The minimum absolute atomic E-state index is 0.761. The number of anilines is 1. The van der Waals surface area contributed by atoms with Crippen molar-refractivity contribution in [2.75, 3.05) is 5.32 Å². The maximum absolute atomic E-state index is 6.25. The number of nitrogens with one attached hydrogen (secondary N) is 1. The number of hydrogen-bond donors (Lipinski definition) is 1. The second-order valence-corrected chi connectivity index (χ2v) is 6.41. The molecule has 0 unspecified atom stereocenters. The van der Waals surface area contributed by atoms with Crippen LogP contribution >= 0.6 is 34.2 Å². The average molecular weight is 397 g/mol. The zero-order valence-electron chi connectivity index (χ0n) is 11.0. The lowest BCUT2D eigenvalue weighted by molar-refractivity contribution is 0.956. The van der Waals surface area contributed by atoms with Crippen LogP contribution in [-0.2, 0) is 13.6 Å². The number of aromatic nitrogens is 1. The van der Waals surface area contributed by atoms with E-state index in [1.54, 1.807) is 0 Å². The highest BCUT2D eigenvalue weighted by Crippen LogP contribution is 2.26. The zero-order valence-corrected chi connectivity index (χ0v) is 13.9. The van der Waals surface area contributed by atoms with Crippen molar-refractivity contribution in [2.45, 2.75) is 6.54 Å². The van der Waals surface area contributed by atoms with Crippen LogP contribution < -0.4 is 5.32 Å². The lowest BCUT2D eigenvalue weighted by atomic mass is 10.2. The van der Waals surface area contributed by atoms with Crippen molar-refractivity contribution < 1.29 is 0 Å². The summed E-state index contributed by atoms with van der Waals surface area (Å²) < 4.78 is 3.30. The third kappa shape index (κ3) is 2.65. The van der Waals surface area contributed by atoms with Crippen molar-refractivity contribution in [3.63, 3.8) is 0 Å². The van der Waals surface area contributed by atoms with E-state index in [2.05, 4.69) is 76.1 Å². The molecule has 0 spiro atoms. The summed E-state index contributed by atoms with van der Waals surface area (Å²) in [6.45, 7) is 0.766. The molecule has 0 aliphatic carbocycles. The molecule has 3 aromatic rings. The number of aryl methyl sites for hydroxylation is 1. The topological polar surface area (TPSA) is 17.0 Å². The second-order valence-electron chi connectivity index (χ2n) is 4.76. The number of halogens is 2. The molecule has 3 rings (SSSR count). The summed E-state index contributed by atoms with van der Waals surface area (Å²) in [4.78, 5) is 0. The Morgan fingerprint density at radius 1 is 1.20 bits per heavy atom. The first kappa shape index (κ1) is 13.8. The van der Waals surface area contributed by atoms with Crippen molar-refractivity contribution in [1.82, 2.24) is 4.57 Å². The number of para-hydroxylation sites is 1. The lowest BCUT2D eigenvalue weighted by Crippen LogP contribution is -1.99. The Morgan fingerprint density at radius 3 is 2.80 bits per heavy atom. The van der Waals surface area contributed by atoms with Crippen molar-refractivity contribution >= 4 is 50.8 Å². The molecule has 0 saturated heterocycles. The van der Waals surface area contributed by atoms with Crippen molar-refractivity contribution in [3.05, 3.63) is 62.8 Å². The molecule has 0 aliphatic rings. The van der Waals surface area contributed by atoms with Gasteiger partial charge < -0.3 is 9.88 Å². The molecule has 0 radical (unpaired) electrons. The Morgan fingerprint density at radius 2 is 2.00 bits per heavy atom. The van der Waals surface area contributed by atoms with Crippen LogP contribution in [0.15, 0.2) is 48.7 Å². The van der Waals surface area contributed by atoms with Gasteiger partial charge in [-0.05, 0) is 52.4 Å². The minimum Gasteiger partial charge on any atom is -0.380 e. The van der Waals surface area contributed by atoms with Gasteiger partial charge in [0.15, 0.2) is 0 Å². The van der Waals surface area contributed by atoms with Crippen molar-refractivity contribution in [1.29, 1.82) is 0 Å². The quantitative estimate of drug-likeness (QED) is 0.613. The van der Waals surface area contributed by atoms with Crippen LogP contribution in [0, 0.1) is 3.57 Å². The van der Waals surface area contributed by atoms with Gasteiger partial charge in [-0.2, -0.15) is 0 Å². The first-order valence-electron chi connectivity index (χ1n) is 6.37. The first-order chi connectivity index (χ1) is 9.65. The van der Waals surface area contributed by atoms with Gasteiger partial charge in [-0.15, -0.1) is 0 Å². The summed E-state index contributed by atoms with van der Waals surface area (Å²) in [7, 11) is 2.07. The number of benzene rings is 2. The molecular weight excluding hydrogens is 383 g/mol. The highest BCUT2D eigenvalue weighted by Gasteiger charge is 2.06. The Hall–Kier alpha value is -1.20. The highest BCUT2D eigenvalue weighted by molar-refractivity contribution is 14.1. The highest BCUT2D eigenvalue weighted by atomic mass is 127. The van der Waals surface area contributed by atoms with Gasteiger partial charge in [0.2, 0.25) is 0 Å². The third-order valence-corrected chi connectivity index (χ3v) is 4.36. The summed E-state index contributed by atoms with van der Waals surface area (Å²) in [5.41, 5.74) is 3.50. The normalized spacial score (nSPS) is 10.9. The molecule has 1 aromatic heterocycles. The standard InChI is InChI=1S/C16H14ClIN2/c1-20-10-11(13-4-2-3-5-16(13)20)9-19-15-7-6-12(18)8-14(15)17/h2-8,10,19H,9H2,1H3. The van der Waals surface area contributed by atoms with E-state index >= 15 is 0 Å². The largest absolute Gasteiger partial charge is 0.380 e. The molecule has 0 atom stereocenters. The molecule has 0 saturated carbocycles. The van der Waals surface area contributed by atoms with E-state index < -0.39 is 0 Å². The summed E-state index contributed by atoms with van der Waals surface area (Å²) in [6.07, 6.45) is 2.16. The summed E-state index contributed by atoms with van der Waals surface area (Å²) in [5.74, 6) is 0. The van der Waals surface area contributed by atoms with Crippen LogP contribution in [0.5, 0.6) is 0 Å². The molecule has 20 heavy (non-hydrogen) atoms. The second kappa shape index (κ2) is 5.66. The Kier molecular flexibility index (Phi) is 3.89. The SMILES string of the molecule is Cn1cc(CNc2ccc(I)cc2Cl)c2ccccc21. The smallest absolute Gasteiger partial charge is 0.0648 e. The predicted molar refractivity (Wildman–Crippen MR) is 94.4 cm³/mol. The van der Waals surface area contributed by atoms with E-state index in [1.807, 2.05) is 12.1 Å². The van der Waals surface area contributed by atoms with Gasteiger partial charge in [-0.3, -0.25) is 0 Å². The summed E-state index contributed by atoms with van der Waals surface area (Å²) in [6, 6.07) is 14.5. The maximum atomic E-state index is 6.25. The number of hydrogen-bond acceptors (Lipinski definition) is 1. The van der Waals surface area contributed by atoms with E-state index in [0.29, 0.717) is 0 Å². The molecule has 2 nitrogen and oxygen atoms in total.